The van der Waals surface area contributed by atoms with Gasteiger partial charge in [-0.05, 0) is 38.8 Å². The molecule has 1 atom stereocenters. The van der Waals surface area contributed by atoms with Crippen LogP contribution < -0.4 is 5.32 Å². The van der Waals surface area contributed by atoms with Crippen molar-refractivity contribution >= 4 is 0 Å². The molecule has 1 unspecified atom stereocenters. The summed E-state index contributed by atoms with van der Waals surface area (Å²) >= 11 is 0. The Bertz CT molecular complexity index is 397. The van der Waals surface area contributed by atoms with Crippen LogP contribution >= 0.6 is 0 Å². The molecule has 20 heavy (non-hydrogen) atoms. The van der Waals surface area contributed by atoms with Crippen LogP contribution in [0.15, 0.2) is 30.3 Å². The van der Waals surface area contributed by atoms with Gasteiger partial charge in [-0.25, -0.2) is 0 Å². The molecular formula is C18H30N2. The van der Waals surface area contributed by atoms with Gasteiger partial charge in [-0.2, -0.15) is 0 Å². The van der Waals surface area contributed by atoms with Gasteiger partial charge in [0.05, 0.1) is 0 Å². The topological polar surface area (TPSA) is 15.3 Å². The average Bonchev–Trinajstić information content (AvgIpc) is 3.27. The van der Waals surface area contributed by atoms with E-state index in [-0.39, 0.29) is 5.41 Å². The molecule has 1 aromatic rings. The number of hydrogen-bond donors (Lipinski definition) is 1. The molecule has 1 saturated carbocycles. The highest BCUT2D eigenvalue weighted by Crippen LogP contribution is 2.27. The van der Waals surface area contributed by atoms with Crippen molar-refractivity contribution in [1.29, 1.82) is 0 Å². The lowest BCUT2D eigenvalue weighted by Gasteiger charge is -2.38. The van der Waals surface area contributed by atoms with E-state index in [1.165, 1.54) is 18.4 Å². The third-order valence-electron chi connectivity index (χ3n) is 4.52. The lowest BCUT2D eigenvalue weighted by molar-refractivity contribution is 0.180. The zero-order chi connectivity index (χ0) is 14.6. The van der Waals surface area contributed by atoms with Crippen LogP contribution in [0.3, 0.4) is 0 Å². The Balaban J connectivity index is 2.13. The Morgan fingerprint density at radius 1 is 1.25 bits per heavy atom. The molecule has 0 aliphatic heterocycles. The van der Waals surface area contributed by atoms with Crippen LogP contribution in [0.5, 0.6) is 0 Å². The maximum atomic E-state index is 3.74. The molecule has 112 valence electrons. The summed E-state index contributed by atoms with van der Waals surface area (Å²) in [4.78, 5) is 2.57. The van der Waals surface area contributed by atoms with E-state index in [0.717, 1.165) is 25.7 Å². The first-order chi connectivity index (χ1) is 9.55. The fourth-order valence-electron chi connectivity index (χ4n) is 2.85. The van der Waals surface area contributed by atoms with Crippen molar-refractivity contribution in [2.75, 3.05) is 19.6 Å². The van der Waals surface area contributed by atoms with Crippen molar-refractivity contribution in [1.82, 2.24) is 10.2 Å². The molecule has 0 saturated heterocycles. The van der Waals surface area contributed by atoms with Crippen LogP contribution in [0.2, 0.25) is 0 Å². The van der Waals surface area contributed by atoms with Gasteiger partial charge in [-0.3, -0.25) is 0 Å². The molecule has 0 spiro atoms. The number of rotatable bonds is 8. The van der Waals surface area contributed by atoms with E-state index in [9.17, 15) is 0 Å². The molecule has 1 fully saturated rings. The molecule has 2 heteroatoms. The van der Waals surface area contributed by atoms with Gasteiger partial charge < -0.3 is 10.2 Å². The Kier molecular flexibility index (Phi) is 5.22. The van der Waals surface area contributed by atoms with Crippen molar-refractivity contribution in [3.8, 4) is 0 Å². The normalized spacial score (nSPS) is 18.5. The van der Waals surface area contributed by atoms with E-state index in [2.05, 4.69) is 68.2 Å². The van der Waals surface area contributed by atoms with Crippen LogP contribution in [0.1, 0.15) is 46.1 Å². The highest BCUT2D eigenvalue weighted by atomic mass is 15.2. The second-order valence-corrected chi connectivity index (χ2v) is 6.74. The van der Waals surface area contributed by atoms with Crippen LogP contribution in [0.25, 0.3) is 0 Å². The van der Waals surface area contributed by atoms with E-state index in [0.29, 0.717) is 6.04 Å². The number of likely N-dealkylation sites (N-methyl/N-ethyl adjacent to an activating group) is 1. The third-order valence-corrected chi connectivity index (χ3v) is 4.52. The zero-order valence-electron chi connectivity index (χ0n) is 13.5. The first-order valence-electron chi connectivity index (χ1n) is 8.08. The van der Waals surface area contributed by atoms with Gasteiger partial charge >= 0.3 is 0 Å². The van der Waals surface area contributed by atoms with E-state index < -0.39 is 0 Å². The van der Waals surface area contributed by atoms with Crippen LogP contribution in [0.4, 0.5) is 0 Å². The zero-order valence-corrected chi connectivity index (χ0v) is 13.5. The maximum Gasteiger partial charge on any atom is 0.0177 e. The minimum atomic E-state index is 0.185. The minimum absolute atomic E-state index is 0.185. The molecular weight excluding hydrogens is 244 g/mol. The van der Waals surface area contributed by atoms with E-state index in [1.807, 2.05) is 0 Å². The summed E-state index contributed by atoms with van der Waals surface area (Å²) in [7, 11) is 0. The van der Waals surface area contributed by atoms with Crippen molar-refractivity contribution in [3.05, 3.63) is 35.9 Å². The van der Waals surface area contributed by atoms with Gasteiger partial charge in [0.1, 0.15) is 0 Å². The van der Waals surface area contributed by atoms with Gasteiger partial charge in [0.2, 0.25) is 0 Å². The predicted octanol–water partition coefficient (Wildman–Crippen LogP) is 3.43. The Hall–Kier alpha value is -0.860. The summed E-state index contributed by atoms with van der Waals surface area (Å²) in [6.45, 7) is 12.6. The lowest BCUT2D eigenvalue weighted by Crippen LogP contribution is -2.48. The summed E-state index contributed by atoms with van der Waals surface area (Å²) < 4.78 is 0. The van der Waals surface area contributed by atoms with Crippen LogP contribution in [0, 0.1) is 0 Å². The first-order valence-corrected chi connectivity index (χ1v) is 8.08. The second-order valence-electron chi connectivity index (χ2n) is 6.74. The Labute approximate surface area is 124 Å². The Morgan fingerprint density at radius 2 is 1.90 bits per heavy atom. The SMILES string of the molecule is CCN(CC(C)(CNC1CC1)c1ccccc1)C(C)C. The summed E-state index contributed by atoms with van der Waals surface area (Å²) in [5, 5.41) is 3.74. The highest BCUT2D eigenvalue weighted by molar-refractivity contribution is 5.26. The highest BCUT2D eigenvalue weighted by Gasteiger charge is 2.32. The number of hydrogen-bond acceptors (Lipinski definition) is 2. The van der Waals surface area contributed by atoms with Gasteiger partial charge in [0, 0.05) is 30.6 Å². The standard InChI is InChI=1S/C18H30N2/c1-5-20(15(2)3)14-18(4,13-19-17-11-12-17)16-9-7-6-8-10-16/h6-10,15,17,19H,5,11-14H2,1-4H3. The van der Waals surface area contributed by atoms with E-state index >= 15 is 0 Å². The third kappa shape index (κ3) is 4.07. The van der Waals surface area contributed by atoms with Gasteiger partial charge in [0.25, 0.3) is 0 Å². The van der Waals surface area contributed by atoms with E-state index in [4.69, 9.17) is 0 Å². The van der Waals surface area contributed by atoms with Crippen molar-refractivity contribution < 1.29 is 0 Å². The number of nitrogens with one attached hydrogen (secondary N) is 1. The van der Waals surface area contributed by atoms with E-state index in [1.54, 1.807) is 0 Å². The summed E-state index contributed by atoms with van der Waals surface area (Å²) in [5.41, 5.74) is 1.64. The number of benzene rings is 1. The summed E-state index contributed by atoms with van der Waals surface area (Å²) in [6, 6.07) is 12.4. The molecule has 0 aromatic heterocycles. The summed E-state index contributed by atoms with van der Waals surface area (Å²) in [6.07, 6.45) is 2.71. The van der Waals surface area contributed by atoms with Crippen LogP contribution in [-0.2, 0) is 5.41 Å². The number of nitrogens with zero attached hydrogens (tertiary/aromatic N) is 1. The summed E-state index contributed by atoms with van der Waals surface area (Å²) in [5.74, 6) is 0. The Morgan fingerprint density at radius 3 is 2.40 bits per heavy atom. The molecule has 1 aliphatic carbocycles. The average molecular weight is 274 g/mol. The molecule has 1 aliphatic rings. The maximum absolute atomic E-state index is 3.74. The minimum Gasteiger partial charge on any atom is -0.313 e. The van der Waals surface area contributed by atoms with Crippen molar-refractivity contribution in [3.63, 3.8) is 0 Å². The molecule has 2 rings (SSSR count). The monoisotopic (exact) mass is 274 g/mol. The quantitative estimate of drug-likeness (QED) is 0.781. The first kappa shape index (κ1) is 15.5. The fraction of sp³-hybridized carbons (Fsp3) is 0.667. The predicted molar refractivity (Wildman–Crippen MR) is 87.2 cm³/mol. The largest absolute Gasteiger partial charge is 0.313 e. The fourth-order valence-corrected chi connectivity index (χ4v) is 2.85. The van der Waals surface area contributed by atoms with Crippen molar-refractivity contribution in [2.24, 2.45) is 0 Å². The molecule has 0 amide bonds. The molecule has 2 nitrogen and oxygen atoms in total. The molecule has 1 N–H and O–H groups in total. The molecule has 0 bridgehead atoms. The van der Waals surface area contributed by atoms with Gasteiger partial charge in [-0.15, -0.1) is 0 Å². The van der Waals surface area contributed by atoms with Crippen LogP contribution in [-0.4, -0.2) is 36.6 Å². The van der Waals surface area contributed by atoms with Gasteiger partial charge in [0.15, 0.2) is 0 Å². The molecule has 0 heterocycles. The van der Waals surface area contributed by atoms with Crippen molar-refractivity contribution in [2.45, 2.75) is 58.0 Å². The van der Waals surface area contributed by atoms with Gasteiger partial charge in [-0.1, -0.05) is 44.2 Å². The smallest absolute Gasteiger partial charge is 0.0177 e. The second kappa shape index (κ2) is 6.73. The lowest BCUT2D eigenvalue weighted by atomic mass is 9.81. The molecule has 1 aromatic carbocycles. The molecule has 0 radical (unpaired) electrons.